The van der Waals surface area contributed by atoms with Gasteiger partial charge in [-0.15, -0.1) is 11.8 Å². The maximum Gasteiger partial charge on any atom is 0.0487 e. The molecule has 0 bridgehead atoms. The van der Waals surface area contributed by atoms with E-state index in [2.05, 4.69) is 51.4 Å². The average Bonchev–Trinajstić information content (AvgIpc) is 2.00. The third kappa shape index (κ3) is 7.23. The third-order valence-corrected chi connectivity index (χ3v) is 1.21. The second-order valence-electron chi connectivity index (χ2n) is 3.07. The van der Waals surface area contributed by atoms with E-state index in [9.17, 15) is 0 Å². The Morgan fingerprint density at radius 1 is 1.17 bits per heavy atom. The van der Waals surface area contributed by atoms with Crippen LogP contribution in [0.5, 0.6) is 0 Å². The predicted molar refractivity (Wildman–Crippen MR) is 54.1 cm³/mol. The highest BCUT2D eigenvalue weighted by Crippen LogP contribution is 1.97. The van der Waals surface area contributed by atoms with Crippen LogP contribution >= 0.6 is 0 Å². The first-order valence-corrected chi connectivity index (χ1v) is 4.49. The molecule has 0 aromatic carbocycles. The van der Waals surface area contributed by atoms with Crippen molar-refractivity contribution >= 4 is 0 Å². The molecular formula is C12H17. The van der Waals surface area contributed by atoms with Gasteiger partial charge in [0.2, 0.25) is 0 Å². The summed E-state index contributed by atoms with van der Waals surface area (Å²) in [6.45, 7) is 8.30. The monoisotopic (exact) mass is 161 g/mol. The van der Waals surface area contributed by atoms with Gasteiger partial charge in [0, 0.05) is 24.7 Å². The molecule has 0 heterocycles. The van der Waals surface area contributed by atoms with E-state index in [1.807, 2.05) is 6.42 Å². The summed E-state index contributed by atoms with van der Waals surface area (Å²) in [5, 5.41) is 0. The number of hydrogen-bond donors (Lipinski definition) is 0. The highest BCUT2D eigenvalue weighted by atomic mass is 13.9. The van der Waals surface area contributed by atoms with E-state index < -0.39 is 0 Å². The zero-order valence-electron chi connectivity index (χ0n) is 8.44. The molecule has 0 aromatic rings. The third-order valence-electron chi connectivity index (χ3n) is 1.21. The van der Waals surface area contributed by atoms with Crippen molar-refractivity contribution in [2.24, 2.45) is 11.8 Å². The van der Waals surface area contributed by atoms with Crippen molar-refractivity contribution in [2.45, 2.75) is 34.1 Å². The van der Waals surface area contributed by atoms with Gasteiger partial charge >= 0.3 is 0 Å². The van der Waals surface area contributed by atoms with Crippen molar-refractivity contribution in [1.29, 1.82) is 0 Å². The fraction of sp³-hybridized carbons (Fsp3) is 0.583. The van der Waals surface area contributed by atoms with Gasteiger partial charge in [-0.1, -0.05) is 39.5 Å². The van der Waals surface area contributed by atoms with Crippen molar-refractivity contribution in [3.63, 3.8) is 0 Å². The molecule has 1 unspecified atom stereocenters. The molecular weight excluding hydrogens is 144 g/mol. The number of hydrogen-bond acceptors (Lipinski definition) is 0. The second kappa shape index (κ2) is 6.81. The van der Waals surface area contributed by atoms with Crippen LogP contribution in [0.3, 0.4) is 0 Å². The molecule has 1 radical (unpaired) electrons. The van der Waals surface area contributed by atoms with Crippen LogP contribution in [0.2, 0.25) is 0 Å². The molecule has 0 N–H and O–H groups in total. The summed E-state index contributed by atoms with van der Waals surface area (Å²) in [6, 6.07) is 0. The van der Waals surface area contributed by atoms with Gasteiger partial charge in [0.25, 0.3) is 0 Å². The maximum absolute atomic E-state index is 3.10. The minimum absolute atomic E-state index is 0.302. The molecule has 0 saturated heterocycles. The lowest BCUT2D eigenvalue weighted by molar-refractivity contribution is 0.862. The van der Waals surface area contributed by atoms with E-state index in [1.54, 1.807) is 0 Å². The fourth-order valence-electron chi connectivity index (χ4n) is 0.644. The fourth-order valence-corrected chi connectivity index (χ4v) is 0.644. The van der Waals surface area contributed by atoms with E-state index in [0.717, 1.165) is 6.42 Å². The van der Waals surface area contributed by atoms with Crippen LogP contribution in [0, 0.1) is 41.9 Å². The van der Waals surface area contributed by atoms with E-state index in [0.29, 0.717) is 11.8 Å². The lowest BCUT2D eigenvalue weighted by Crippen LogP contribution is -1.89. The molecule has 0 heteroatoms. The summed E-state index contributed by atoms with van der Waals surface area (Å²) in [5.74, 6) is 13.0. The maximum atomic E-state index is 3.10. The number of rotatable bonds is 1. The SMILES string of the molecule is CCC#CC(C)[CH]C#CC(C)C. The van der Waals surface area contributed by atoms with Crippen LogP contribution in [0.4, 0.5) is 0 Å². The van der Waals surface area contributed by atoms with Crippen molar-refractivity contribution in [3.8, 4) is 23.7 Å². The molecule has 0 nitrogen and oxygen atoms in total. The second-order valence-corrected chi connectivity index (χ2v) is 3.07. The van der Waals surface area contributed by atoms with E-state index in [4.69, 9.17) is 0 Å². The van der Waals surface area contributed by atoms with Crippen LogP contribution < -0.4 is 0 Å². The van der Waals surface area contributed by atoms with Gasteiger partial charge in [0.05, 0.1) is 0 Å². The summed E-state index contributed by atoms with van der Waals surface area (Å²) in [5.41, 5.74) is 0. The molecule has 0 spiro atoms. The summed E-state index contributed by atoms with van der Waals surface area (Å²) >= 11 is 0. The Kier molecular flexibility index (Phi) is 6.31. The molecule has 65 valence electrons. The zero-order valence-corrected chi connectivity index (χ0v) is 8.44. The highest BCUT2D eigenvalue weighted by molar-refractivity contribution is 5.19. The smallest absolute Gasteiger partial charge is 0.0487 e. The van der Waals surface area contributed by atoms with Gasteiger partial charge < -0.3 is 0 Å². The first kappa shape index (κ1) is 11.1. The van der Waals surface area contributed by atoms with Crippen LogP contribution in [0.1, 0.15) is 34.1 Å². The molecule has 12 heavy (non-hydrogen) atoms. The van der Waals surface area contributed by atoms with Crippen molar-refractivity contribution in [2.75, 3.05) is 0 Å². The van der Waals surface area contributed by atoms with E-state index >= 15 is 0 Å². The average molecular weight is 161 g/mol. The Bertz CT molecular complexity index is 214. The molecule has 0 fully saturated rings. The Morgan fingerprint density at radius 2 is 1.83 bits per heavy atom. The zero-order chi connectivity index (χ0) is 9.40. The van der Waals surface area contributed by atoms with Crippen LogP contribution in [0.25, 0.3) is 0 Å². The summed E-state index contributed by atoms with van der Waals surface area (Å²) in [4.78, 5) is 0. The predicted octanol–water partition coefficient (Wildman–Crippen LogP) is 2.90. The van der Waals surface area contributed by atoms with Gasteiger partial charge in [-0.05, 0) is 0 Å². The van der Waals surface area contributed by atoms with Gasteiger partial charge in [0.1, 0.15) is 0 Å². The topological polar surface area (TPSA) is 0 Å². The Labute approximate surface area is 76.8 Å². The summed E-state index contributed by atoms with van der Waals surface area (Å²) < 4.78 is 0. The Balaban J connectivity index is 3.73. The molecule has 0 aliphatic rings. The van der Waals surface area contributed by atoms with Crippen LogP contribution in [-0.2, 0) is 0 Å². The minimum atomic E-state index is 0.302. The van der Waals surface area contributed by atoms with Crippen molar-refractivity contribution in [1.82, 2.24) is 0 Å². The van der Waals surface area contributed by atoms with Gasteiger partial charge in [-0.3, -0.25) is 0 Å². The van der Waals surface area contributed by atoms with Crippen LogP contribution in [-0.4, -0.2) is 0 Å². The molecule has 0 aliphatic carbocycles. The highest BCUT2D eigenvalue weighted by Gasteiger charge is 1.92. The van der Waals surface area contributed by atoms with Crippen molar-refractivity contribution in [3.05, 3.63) is 6.42 Å². The molecule has 0 aromatic heterocycles. The summed E-state index contributed by atoms with van der Waals surface area (Å²) in [7, 11) is 0. The van der Waals surface area contributed by atoms with E-state index in [-0.39, 0.29) is 0 Å². The first-order valence-electron chi connectivity index (χ1n) is 4.49. The molecule has 1 atom stereocenters. The normalized spacial score (nSPS) is 11.1. The van der Waals surface area contributed by atoms with Crippen molar-refractivity contribution < 1.29 is 0 Å². The van der Waals surface area contributed by atoms with Gasteiger partial charge in [-0.2, -0.15) is 0 Å². The molecule has 0 rings (SSSR count). The lowest BCUT2D eigenvalue weighted by atomic mass is 10.1. The van der Waals surface area contributed by atoms with Crippen LogP contribution in [0.15, 0.2) is 0 Å². The lowest BCUT2D eigenvalue weighted by Gasteiger charge is -1.94. The standard InChI is InChI=1S/C12H17/c1-5-6-9-12(4)10-7-8-11(2)3/h10-12H,5H2,1-4H3. The Morgan fingerprint density at radius 3 is 2.33 bits per heavy atom. The van der Waals surface area contributed by atoms with Gasteiger partial charge in [0.15, 0.2) is 0 Å². The molecule has 0 aliphatic heterocycles. The molecule has 0 saturated carbocycles. The summed E-state index contributed by atoms with van der Waals surface area (Å²) in [6.07, 6.45) is 2.89. The Hall–Kier alpha value is -0.880. The first-order chi connectivity index (χ1) is 5.66. The quantitative estimate of drug-likeness (QED) is 0.519. The van der Waals surface area contributed by atoms with E-state index in [1.165, 1.54) is 0 Å². The molecule has 0 amide bonds. The largest absolute Gasteiger partial charge is 0.103 e. The minimum Gasteiger partial charge on any atom is -0.103 e. The van der Waals surface area contributed by atoms with Gasteiger partial charge in [-0.25, -0.2) is 0 Å².